The maximum atomic E-state index is 13.0. The topological polar surface area (TPSA) is 107 Å². The Bertz CT molecular complexity index is 1420. The lowest BCUT2D eigenvalue weighted by Gasteiger charge is -2.20. The third-order valence-corrected chi connectivity index (χ3v) is 8.63. The SMILES string of the molecule is CCCCCCCCCCC(OC)c1cccc(-c2csc(NC(=O)c3cc(Cl)c(/C=C(/OC)C(=O)O)c(Cl)c3)n2)c1OC. The van der Waals surface area contributed by atoms with Crippen molar-refractivity contribution >= 4 is 57.6 Å². The van der Waals surface area contributed by atoms with Crippen molar-refractivity contribution in [2.24, 2.45) is 0 Å². The van der Waals surface area contributed by atoms with Crippen LogP contribution in [0.5, 0.6) is 5.75 Å². The van der Waals surface area contributed by atoms with Gasteiger partial charge in [0.15, 0.2) is 5.13 Å². The number of carboxylic acids is 1. The molecule has 0 aliphatic rings. The second kappa shape index (κ2) is 18.0. The summed E-state index contributed by atoms with van der Waals surface area (Å²) < 4.78 is 16.6. The predicted octanol–water partition coefficient (Wildman–Crippen LogP) is 9.67. The number of amides is 1. The first-order chi connectivity index (χ1) is 21.2. The third kappa shape index (κ3) is 9.69. The number of benzene rings is 2. The summed E-state index contributed by atoms with van der Waals surface area (Å²) in [4.78, 5) is 29.0. The molecule has 238 valence electrons. The van der Waals surface area contributed by atoms with Crippen molar-refractivity contribution in [3.05, 3.63) is 68.2 Å². The highest BCUT2D eigenvalue weighted by Gasteiger charge is 2.21. The van der Waals surface area contributed by atoms with E-state index in [0.29, 0.717) is 16.6 Å². The second-order valence-corrected chi connectivity index (χ2v) is 12.0. The Hall–Kier alpha value is -3.11. The van der Waals surface area contributed by atoms with Crippen molar-refractivity contribution in [3.8, 4) is 17.0 Å². The molecular formula is C33H40Cl2N2O6S. The Kier molecular flexibility index (Phi) is 14.5. The smallest absolute Gasteiger partial charge is 0.371 e. The number of aromatic nitrogens is 1. The lowest BCUT2D eigenvalue weighted by atomic mass is 9.98. The van der Waals surface area contributed by atoms with Crippen LogP contribution in [-0.2, 0) is 14.3 Å². The molecule has 3 aromatic rings. The van der Waals surface area contributed by atoms with Crippen molar-refractivity contribution in [3.63, 3.8) is 0 Å². The summed E-state index contributed by atoms with van der Waals surface area (Å²) in [6, 6.07) is 8.73. The van der Waals surface area contributed by atoms with Crippen LogP contribution < -0.4 is 10.1 Å². The van der Waals surface area contributed by atoms with Crippen molar-refractivity contribution in [1.82, 2.24) is 4.98 Å². The van der Waals surface area contributed by atoms with Gasteiger partial charge in [-0.2, -0.15) is 0 Å². The average Bonchev–Trinajstić information content (AvgIpc) is 3.47. The lowest BCUT2D eigenvalue weighted by Crippen LogP contribution is -2.12. The highest BCUT2D eigenvalue weighted by molar-refractivity contribution is 7.14. The summed E-state index contributed by atoms with van der Waals surface area (Å²) in [7, 11) is 4.59. The minimum absolute atomic E-state index is 0.0968. The van der Waals surface area contributed by atoms with E-state index in [1.54, 1.807) is 14.2 Å². The largest absolute Gasteiger partial charge is 0.496 e. The van der Waals surface area contributed by atoms with Gasteiger partial charge in [0.1, 0.15) is 5.75 Å². The quantitative estimate of drug-likeness (QED) is 0.0793. The van der Waals surface area contributed by atoms with Gasteiger partial charge in [-0.1, -0.05) is 93.6 Å². The van der Waals surface area contributed by atoms with Gasteiger partial charge in [-0.3, -0.25) is 10.1 Å². The Morgan fingerprint density at radius 3 is 2.27 bits per heavy atom. The van der Waals surface area contributed by atoms with E-state index in [2.05, 4.69) is 17.2 Å². The fourth-order valence-corrected chi connectivity index (χ4v) is 6.22. The van der Waals surface area contributed by atoms with Crippen LogP contribution in [0.1, 0.15) is 92.3 Å². The molecule has 1 unspecified atom stereocenters. The number of nitrogens with zero attached hydrogens (tertiary/aromatic N) is 1. The Balaban J connectivity index is 1.72. The van der Waals surface area contributed by atoms with Crippen molar-refractivity contribution < 1.29 is 28.9 Å². The normalized spacial score (nSPS) is 12.2. The van der Waals surface area contributed by atoms with Crippen LogP contribution in [0.4, 0.5) is 5.13 Å². The monoisotopic (exact) mass is 662 g/mol. The standard InChI is InChI=1S/C33H40Cl2N2O6S/c1-5-6-7-8-9-10-11-12-16-28(41-2)23-15-13-14-22(30(23)43-4)27-20-44-33(36-27)37-31(38)21-17-25(34)24(26(35)18-21)19-29(42-3)32(39)40/h13-15,17-20,28H,5-12,16H2,1-4H3,(H,39,40)(H,36,37,38)/b29-19+. The summed E-state index contributed by atoms with van der Waals surface area (Å²) in [6.07, 6.45) is 12.0. The van der Waals surface area contributed by atoms with E-state index in [4.69, 9.17) is 37.4 Å². The number of anilines is 1. The molecule has 44 heavy (non-hydrogen) atoms. The van der Waals surface area contributed by atoms with E-state index >= 15 is 0 Å². The van der Waals surface area contributed by atoms with Crippen LogP contribution >= 0.6 is 34.5 Å². The number of rotatable bonds is 18. The van der Waals surface area contributed by atoms with Gasteiger partial charge in [-0.25, -0.2) is 9.78 Å². The number of aliphatic carboxylic acids is 1. The molecule has 1 heterocycles. The molecule has 0 fully saturated rings. The minimum atomic E-state index is -1.27. The molecular weight excluding hydrogens is 623 g/mol. The van der Waals surface area contributed by atoms with Gasteiger partial charge in [0.25, 0.3) is 5.91 Å². The molecule has 0 radical (unpaired) electrons. The molecule has 0 aliphatic carbocycles. The molecule has 1 atom stereocenters. The van der Waals surface area contributed by atoms with E-state index in [-0.39, 0.29) is 33.0 Å². The fourth-order valence-electron chi connectivity index (χ4n) is 4.92. The summed E-state index contributed by atoms with van der Waals surface area (Å²) in [5.74, 6) is -1.39. The number of hydrogen-bond donors (Lipinski definition) is 2. The molecule has 0 bridgehead atoms. The number of ether oxygens (including phenoxy) is 3. The number of carbonyl (C=O) groups is 2. The number of carboxylic acid groups (broad SMARTS) is 1. The molecule has 3 rings (SSSR count). The van der Waals surface area contributed by atoms with Crippen molar-refractivity contribution in [2.45, 2.75) is 70.8 Å². The van der Waals surface area contributed by atoms with Gasteiger partial charge in [-0.05, 0) is 30.7 Å². The third-order valence-electron chi connectivity index (χ3n) is 7.25. The number of carbonyl (C=O) groups excluding carboxylic acids is 1. The molecule has 0 spiro atoms. The van der Waals surface area contributed by atoms with Gasteiger partial charge in [0.2, 0.25) is 5.76 Å². The van der Waals surface area contributed by atoms with Gasteiger partial charge >= 0.3 is 5.97 Å². The molecule has 0 aliphatic heterocycles. The van der Waals surface area contributed by atoms with E-state index in [1.165, 1.54) is 81.6 Å². The summed E-state index contributed by atoms with van der Waals surface area (Å²) in [6.45, 7) is 2.24. The second-order valence-electron chi connectivity index (χ2n) is 10.3. The van der Waals surface area contributed by atoms with Crippen LogP contribution in [-0.4, -0.2) is 43.3 Å². The number of unbranched alkanes of at least 4 members (excludes halogenated alkanes) is 7. The number of hydrogen-bond acceptors (Lipinski definition) is 7. The first-order valence-electron chi connectivity index (χ1n) is 14.7. The van der Waals surface area contributed by atoms with Crippen molar-refractivity contribution in [2.75, 3.05) is 26.6 Å². The molecule has 1 aromatic heterocycles. The number of methoxy groups -OCH3 is 3. The van der Waals surface area contributed by atoms with Gasteiger partial charge in [-0.15, -0.1) is 11.3 Å². The Labute approximate surface area is 273 Å². The van der Waals surface area contributed by atoms with Crippen LogP contribution in [0.25, 0.3) is 17.3 Å². The zero-order valence-electron chi connectivity index (χ0n) is 25.6. The molecule has 2 N–H and O–H groups in total. The predicted molar refractivity (Wildman–Crippen MR) is 178 cm³/mol. The Morgan fingerprint density at radius 2 is 1.68 bits per heavy atom. The maximum Gasteiger partial charge on any atom is 0.371 e. The van der Waals surface area contributed by atoms with E-state index in [0.717, 1.165) is 24.0 Å². The van der Waals surface area contributed by atoms with Gasteiger partial charge in [0.05, 0.1) is 36.1 Å². The number of para-hydroxylation sites is 1. The van der Waals surface area contributed by atoms with Crippen LogP contribution in [0.15, 0.2) is 41.5 Å². The highest BCUT2D eigenvalue weighted by Crippen LogP contribution is 2.40. The molecule has 1 amide bonds. The van der Waals surface area contributed by atoms with Gasteiger partial charge in [0, 0.05) is 34.7 Å². The van der Waals surface area contributed by atoms with Crippen molar-refractivity contribution in [1.29, 1.82) is 0 Å². The summed E-state index contributed by atoms with van der Waals surface area (Å²) >= 11 is 13.9. The number of nitrogens with one attached hydrogen (secondary N) is 1. The van der Waals surface area contributed by atoms with Crippen LogP contribution in [0.3, 0.4) is 0 Å². The molecule has 0 saturated carbocycles. The molecule has 8 nitrogen and oxygen atoms in total. The zero-order valence-corrected chi connectivity index (χ0v) is 27.9. The zero-order chi connectivity index (χ0) is 32.1. The first kappa shape index (κ1) is 35.4. The fraction of sp³-hybridized carbons (Fsp3) is 0.424. The molecule has 11 heteroatoms. The van der Waals surface area contributed by atoms with Crippen LogP contribution in [0.2, 0.25) is 10.0 Å². The molecule has 2 aromatic carbocycles. The summed E-state index contributed by atoms with van der Waals surface area (Å²) in [5, 5.41) is 14.4. The van der Waals surface area contributed by atoms with E-state index in [1.807, 2.05) is 23.6 Å². The maximum absolute atomic E-state index is 13.0. The van der Waals surface area contributed by atoms with E-state index < -0.39 is 11.9 Å². The number of thiazole rings is 1. The van der Waals surface area contributed by atoms with Crippen LogP contribution in [0, 0.1) is 0 Å². The minimum Gasteiger partial charge on any atom is -0.496 e. The summed E-state index contributed by atoms with van der Waals surface area (Å²) in [5.41, 5.74) is 2.83. The number of halogens is 2. The average molecular weight is 664 g/mol. The molecule has 0 saturated heterocycles. The van der Waals surface area contributed by atoms with Gasteiger partial charge < -0.3 is 19.3 Å². The Morgan fingerprint density at radius 1 is 1.02 bits per heavy atom. The first-order valence-corrected chi connectivity index (χ1v) is 16.3. The highest BCUT2D eigenvalue weighted by atomic mass is 35.5. The van der Waals surface area contributed by atoms with E-state index in [9.17, 15) is 14.7 Å². The lowest BCUT2D eigenvalue weighted by molar-refractivity contribution is -0.135.